The maximum atomic E-state index is 12.5. The van der Waals surface area contributed by atoms with Crippen molar-refractivity contribution in [2.24, 2.45) is 0 Å². The fourth-order valence-electron chi connectivity index (χ4n) is 2.12. The van der Waals surface area contributed by atoms with Gasteiger partial charge in [0, 0.05) is 8.07 Å². The third-order valence-corrected chi connectivity index (χ3v) is 7.04. The number of ether oxygens (including phenoxy) is 1. The van der Waals surface area contributed by atoms with Crippen LogP contribution in [-0.2, 0) is 19.6 Å². The van der Waals surface area contributed by atoms with E-state index >= 15 is 0 Å². The average molecular weight is 370 g/mol. The summed E-state index contributed by atoms with van der Waals surface area (Å²) in [5, 5.41) is 0. The average Bonchev–Trinajstić information content (AvgIpc) is 2.49. The summed E-state index contributed by atoms with van der Waals surface area (Å²) < 4.78 is 32.3. The normalized spacial score (nSPS) is 13.4. The van der Waals surface area contributed by atoms with Crippen molar-refractivity contribution in [3.8, 4) is 0 Å². The van der Waals surface area contributed by atoms with E-state index in [2.05, 4.69) is 30.9 Å². The number of sulfonamides is 1. The zero-order valence-corrected chi connectivity index (χ0v) is 16.9. The Morgan fingerprint density at radius 3 is 2.46 bits per heavy atom. The Bertz CT molecular complexity index is 708. The van der Waals surface area contributed by atoms with Gasteiger partial charge in [0.25, 0.3) is 0 Å². The van der Waals surface area contributed by atoms with Crippen LogP contribution in [0, 0.1) is 6.92 Å². The van der Waals surface area contributed by atoms with Crippen LogP contribution in [0.4, 0.5) is 0 Å². The van der Waals surface area contributed by atoms with E-state index in [-0.39, 0.29) is 11.3 Å². The molecule has 7 heteroatoms. The molecule has 0 bridgehead atoms. The second-order valence-electron chi connectivity index (χ2n) is 7.11. The van der Waals surface area contributed by atoms with Crippen molar-refractivity contribution in [3.05, 3.63) is 47.5 Å². The van der Waals surface area contributed by atoms with E-state index in [0.717, 1.165) is 5.56 Å². The van der Waals surface area contributed by atoms with Crippen LogP contribution in [-0.4, -0.2) is 35.3 Å². The highest BCUT2D eigenvalue weighted by Crippen LogP contribution is 2.24. The fraction of sp³-hybridized carbons (Fsp3) is 0.471. The van der Waals surface area contributed by atoms with Crippen LogP contribution >= 0.6 is 0 Å². The van der Waals surface area contributed by atoms with Gasteiger partial charge in [-0.1, -0.05) is 56.0 Å². The third kappa shape index (κ3) is 6.58. The predicted molar refractivity (Wildman–Crippen MR) is 100 cm³/mol. The predicted octanol–water partition coefficient (Wildman–Crippen LogP) is 3.02. The lowest BCUT2D eigenvalue weighted by Gasteiger charge is -2.22. The van der Waals surface area contributed by atoms with Crippen molar-refractivity contribution < 1.29 is 17.9 Å². The van der Waals surface area contributed by atoms with Gasteiger partial charge in [-0.25, -0.2) is 17.9 Å². The van der Waals surface area contributed by atoms with Gasteiger partial charge < -0.3 is 4.74 Å². The molecule has 0 fully saturated rings. The van der Waals surface area contributed by atoms with Crippen LogP contribution in [0.1, 0.15) is 17.2 Å². The van der Waals surface area contributed by atoms with Crippen molar-refractivity contribution in [2.45, 2.75) is 38.7 Å². The van der Waals surface area contributed by atoms with Gasteiger partial charge in [0.15, 0.2) is 0 Å². The lowest BCUT2D eigenvalue weighted by molar-refractivity contribution is -0.136. The van der Waals surface area contributed by atoms with Crippen LogP contribution in [0.15, 0.2) is 36.4 Å². The van der Waals surface area contributed by atoms with Crippen LogP contribution in [0.2, 0.25) is 25.7 Å². The molecule has 0 aliphatic rings. The van der Waals surface area contributed by atoms with Gasteiger partial charge in [0.2, 0.25) is 10.0 Å². The molecular weight excluding hydrogens is 342 g/mol. The molecule has 1 rings (SSSR count). The summed E-state index contributed by atoms with van der Waals surface area (Å²) in [6.07, 6.45) is 0. The molecule has 1 N–H and O–H groups in total. The Morgan fingerprint density at radius 2 is 1.96 bits per heavy atom. The molecule has 0 aromatic heterocycles. The maximum Gasteiger partial charge on any atom is 0.335 e. The SMILES string of the molecule is C=C(C(=O)OC)C(NS(=O)(=O)CC[Si](C)(C)C)c1cccc(C)c1. The minimum Gasteiger partial charge on any atom is -0.466 e. The summed E-state index contributed by atoms with van der Waals surface area (Å²) >= 11 is 0. The molecule has 134 valence electrons. The quantitative estimate of drug-likeness (QED) is 0.434. The molecule has 0 aliphatic heterocycles. The van der Waals surface area contributed by atoms with Crippen molar-refractivity contribution in [3.63, 3.8) is 0 Å². The topological polar surface area (TPSA) is 72.5 Å². The van der Waals surface area contributed by atoms with Crippen LogP contribution in [0.5, 0.6) is 0 Å². The van der Waals surface area contributed by atoms with Crippen LogP contribution < -0.4 is 4.72 Å². The molecule has 24 heavy (non-hydrogen) atoms. The number of nitrogens with one attached hydrogen (secondary N) is 1. The summed E-state index contributed by atoms with van der Waals surface area (Å²) in [7, 11) is -3.79. The molecule has 0 radical (unpaired) electrons. The Kier molecular flexibility index (Phi) is 6.94. The highest BCUT2D eigenvalue weighted by atomic mass is 32.2. The molecular formula is C17H27NO4SSi. The lowest BCUT2D eigenvalue weighted by atomic mass is 9.99. The first-order valence-corrected chi connectivity index (χ1v) is 13.1. The summed E-state index contributed by atoms with van der Waals surface area (Å²) in [6.45, 7) is 12.0. The standard InChI is InChI=1S/C17H27NO4SSi/c1-13-8-7-9-15(12-13)16(14(2)17(19)22-3)18-23(20,21)10-11-24(4,5)6/h7-9,12,16,18H,2,10-11H2,1,3-6H3. The first-order chi connectivity index (χ1) is 10.9. The van der Waals surface area contributed by atoms with Gasteiger partial charge in [0.1, 0.15) is 0 Å². The summed E-state index contributed by atoms with van der Waals surface area (Å²) in [5.41, 5.74) is 1.71. The molecule has 5 nitrogen and oxygen atoms in total. The summed E-state index contributed by atoms with van der Waals surface area (Å²) in [6, 6.07) is 7.14. The third-order valence-electron chi connectivity index (χ3n) is 3.59. The highest BCUT2D eigenvalue weighted by Gasteiger charge is 2.27. The van der Waals surface area contributed by atoms with E-state index in [4.69, 9.17) is 4.74 Å². The minimum absolute atomic E-state index is 0.0412. The number of hydrogen-bond acceptors (Lipinski definition) is 4. The fourth-order valence-corrected chi connectivity index (χ4v) is 6.40. The molecule has 1 unspecified atom stereocenters. The first kappa shape index (κ1) is 20.6. The number of esters is 1. The second kappa shape index (κ2) is 8.09. The monoisotopic (exact) mass is 369 g/mol. The van der Waals surface area contributed by atoms with Crippen molar-refractivity contribution >= 4 is 24.1 Å². The van der Waals surface area contributed by atoms with E-state index < -0.39 is 30.1 Å². The van der Waals surface area contributed by atoms with E-state index in [0.29, 0.717) is 11.6 Å². The van der Waals surface area contributed by atoms with Gasteiger partial charge in [-0.3, -0.25) is 0 Å². The minimum atomic E-state index is -3.55. The zero-order chi connectivity index (χ0) is 18.5. The highest BCUT2D eigenvalue weighted by molar-refractivity contribution is 7.89. The van der Waals surface area contributed by atoms with Gasteiger partial charge in [-0.15, -0.1) is 0 Å². The molecule has 0 saturated carbocycles. The van der Waals surface area contributed by atoms with Crippen LogP contribution in [0.25, 0.3) is 0 Å². The number of carbonyl (C=O) groups excluding carboxylic acids is 1. The smallest absolute Gasteiger partial charge is 0.335 e. The Labute approximate surface area is 146 Å². The molecule has 0 amide bonds. The number of hydrogen-bond donors (Lipinski definition) is 1. The number of aryl methyl sites for hydroxylation is 1. The number of methoxy groups -OCH3 is 1. The van der Waals surface area contributed by atoms with Crippen molar-refractivity contribution in [2.75, 3.05) is 12.9 Å². The zero-order valence-electron chi connectivity index (χ0n) is 15.0. The molecule has 0 aliphatic carbocycles. The number of carbonyl (C=O) groups is 1. The maximum absolute atomic E-state index is 12.5. The Balaban J connectivity index is 3.10. The van der Waals surface area contributed by atoms with Gasteiger partial charge in [0.05, 0.1) is 24.5 Å². The molecule has 1 atom stereocenters. The van der Waals surface area contributed by atoms with E-state index in [1.54, 1.807) is 6.07 Å². The van der Waals surface area contributed by atoms with Gasteiger partial charge in [-0.05, 0) is 18.5 Å². The largest absolute Gasteiger partial charge is 0.466 e. The molecule has 0 spiro atoms. The second-order valence-corrected chi connectivity index (χ2v) is 14.6. The number of benzene rings is 1. The van der Waals surface area contributed by atoms with Crippen molar-refractivity contribution in [1.82, 2.24) is 4.72 Å². The van der Waals surface area contributed by atoms with Gasteiger partial charge in [-0.2, -0.15) is 0 Å². The van der Waals surface area contributed by atoms with Gasteiger partial charge >= 0.3 is 5.97 Å². The summed E-state index contributed by atoms with van der Waals surface area (Å²) in [4.78, 5) is 11.9. The molecule has 0 saturated heterocycles. The van der Waals surface area contributed by atoms with E-state index in [1.807, 2.05) is 25.1 Å². The first-order valence-electron chi connectivity index (χ1n) is 7.79. The van der Waals surface area contributed by atoms with Crippen LogP contribution in [0.3, 0.4) is 0 Å². The Hall–Kier alpha value is -1.44. The summed E-state index contributed by atoms with van der Waals surface area (Å²) in [5.74, 6) is -0.589. The lowest BCUT2D eigenvalue weighted by Crippen LogP contribution is -2.35. The van der Waals surface area contributed by atoms with E-state index in [9.17, 15) is 13.2 Å². The number of rotatable bonds is 8. The van der Waals surface area contributed by atoms with Crippen molar-refractivity contribution in [1.29, 1.82) is 0 Å². The van der Waals surface area contributed by atoms with E-state index in [1.165, 1.54) is 7.11 Å². The molecule has 0 heterocycles. The Morgan fingerprint density at radius 1 is 1.33 bits per heavy atom. The molecule has 1 aromatic rings. The molecule has 1 aromatic carbocycles.